The minimum atomic E-state index is -0.515. The molecule has 0 bridgehead atoms. The Hall–Kier alpha value is -2.41. The molecule has 2 aromatic rings. The van der Waals surface area contributed by atoms with Crippen LogP contribution in [0.15, 0.2) is 29.6 Å². The van der Waals surface area contributed by atoms with Crippen LogP contribution in [0.2, 0.25) is 0 Å². The van der Waals surface area contributed by atoms with Crippen molar-refractivity contribution in [2.45, 2.75) is 32.2 Å². The van der Waals surface area contributed by atoms with E-state index in [0.29, 0.717) is 25.1 Å². The molecule has 1 aliphatic rings. The maximum atomic E-state index is 12.5. The summed E-state index contributed by atoms with van der Waals surface area (Å²) >= 11 is 1.53. The summed E-state index contributed by atoms with van der Waals surface area (Å²) in [5.74, 6) is -0.294. The van der Waals surface area contributed by atoms with Crippen LogP contribution in [0.25, 0.3) is 0 Å². The Bertz CT molecular complexity index is 746. The van der Waals surface area contributed by atoms with Gasteiger partial charge in [-0.25, -0.2) is 4.98 Å². The maximum Gasteiger partial charge on any atom is 0.248 e. The zero-order chi connectivity index (χ0) is 17.1. The van der Waals surface area contributed by atoms with Crippen LogP contribution in [0.1, 0.15) is 23.4 Å². The Kier molecular flexibility index (Phi) is 4.80. The van der Waals surface area contributed by atoms with E-state index in [1.807, 2.05) is 17.5 Å². The van der Waals surface area contributed by atoms with Gasteiger partial charge in [0, 0.05) is 17.1 Å². The number of anilines is 1. The fraction of sp³-hybridized carbons (Fsp3) is 0.353. The van der Waals surface area contributed by atoms with E-state index in [0.717, 1.165) is 11.3 Å². The third-order valence-corrected chi connectivity index (χ3v) is 4.91. The molecule has 0 radical (unpaired) electrons. The number of carbonyl (C=O) groups excluding carboxylic acids is 2. The minimum Gasteiger partial charge on any atom is -0.504 e. The van der Waals surface area contributed by atoms with Crippen LogP contribution in [0.5, 0.6) is 5.75 Å². The number of thiophene rings is 1. The first-order valence-electron chi connectivity index (χ1n) is 7.84. The number of hydrogen-bond acceptors (Lipinski definition) is 5. The third kappa shape index (κ3) is 3.56. The molecule has 24 heavy (non-hydrogen) atoms. The Labute approximate surface area is 144 Å². The lowest BCUT2D eigenvalue weighted by atomic mass is 10.2. The highest BCUT2D eigenvalue weighted by molar-refractivity contribution is 7.10. The topological polar surface area (TPSA) is 82.5 Å². The molecule has 1 aliphatic heterocycles. The lowest BCUT2D eigenvalue weighted by Gasteiger charge is -2.23. The molecule has 1 fully saturated rings. The molecule has 0 spiro atoms. The molecule has 1 unspecified atom stereocenters. The number of hydrogen-bond donors (Lipinski definition) is 2. The monoisotopic (exact) mass is 345 g/mol. The van der Waals surface area contributed by atoms with Gasteiger partial charge in [0.2, 0.25) is 11.8 Å². The van der Waals surface area contributed by atoms with E-state index in [9.17, 15) is 14.7 Å². The van der Waals surface area contributed by atoms with Crippen LogP contribution in [0, 0.1) is 6.92 Å². The molecular weight excluding hydrogens is 326 g/mol. The van der Waals surface area contributed by atoms with Crippen LogP contribution in [0.3, 0.4) is 0 Å². The summed E-state index contributed by atoms with van der Waals surface area (Å²) in [5.41, 5.74) is 0.695. The van der Waals surface area contributed by atoms with E-state index in [4.69, 9.17) is 0 Å². The summed E-state index contributed by atoms with van der Waals surface area (Å²) in [7, 11) is 0. The lowest BCUT2D eigenvalue weighted by molar-refractivity contribution is -0.136. The number of aromatic nitrogens is 1. The van der Waals surface area contributed by atoms with Gasteiger partial charge in [0.25, 0.3) is 0 Å². The predicted molar refractivity (Wildman–Crippen MR) is 92.0 cm³/mol. The van der Waals surface area contributed by atoms with E-state index in [1.165, 1.54) is 17.4 Å². The van der Waals surface area contributed by atoms with Crippen molar-refractivity contribution in [1.29, 1.82) is 0 Å². The summed E-state index contributed by atoms with van der Waals surface area (Å²) in [4.78, 5) is 31.8. The Morgan fingerprint density at radius 2 is 2.25 bits per heavy atom. The molecular formula is C17H19N3O3S. The van der Waals surface area contributed by atoms with Crippen LogP contribution in [-0.2, 0) is 16.0 Å². The summed E-state index contributed by atoms with van der Waals surface area (Å²) in [6.07, 6.45) is 1.73. The van der Waals surface area contributed by atoms with Gasteiger partial charge in [0.1, 0.15) is 6.04 Å². The molecule has 1 atom stereocenters. The van der Waals surface area contributed by atoms with Crippen molar-refractivity contribution in [3.63, 3.8) is 0 Å². The van der Waals surface area contributed by atoms with E-state index >= 15 is 0 Å². The Balaban J connectivity index is 1.69. The quantitative estimate of drug-likeness (QED) is 0.891. The van der Waals surface area contributed by atoms with Gasteiger partial charge in [0.05, 0.1) is 6.42 Å². The molecule has 6 nitrogen and oxygen atoms in total. The highest BCUT2D eigenvalue weighted by Crippen LogP contribution is 2.24. The Morgan fingerprint density at radius 1 is 1.42 bits per heavy atom. The van der Waals surface area contributed by atoms with Crippen LogP contribution < -0.4 is 5.32 Å². The van der Waals surface area contributed by atoms with E-state index in [2.05, 4.69) is 10.3 Å². The average Bonchev–Trinajstić information content (AvgIpc) is 3.21. The molecule has 3 heterocycles. The van der Waals surface area contributed by atoms with Gasteiger partial charge >= 0.3 is 0 Å². The zero-order valence-electron chi connectivity index (χ0n) is 13.4. The number of nitrogens with zero attached hydrogens (tertiary/aromatic N) is 2. The molecule has 126 valence electrons. The van der Waals surface area contributed by atoms with Crippen LogP contribution >= 0.6 is 11.3 Å². The first-order valence-corrected chi connectivity index (χ1v) is 8.72. The van der Waals surface area contributed by atoms with E-state index in [1.54, 1.807) is 17.9 Å². The number of nitrogens with one attached hydrogen (secondary N) is 1. The normalized spacial score (nSPS) is 17.0. The number of amides is 2. The summed E-state index contributed by atoms with van der Waals surface area (Å²) < 4.78 is 0. The zero-order valence-corrected chi connectivity index (χ0v) is 14.2. The molecule has 0 saturated carbocycles. The number of rotatable bonds is 4. The maximum absolute atomic E-state index is 12.5. The van der Waals surface area contributed by atoms with Crippen molar-refractivity contribution in [3.05, 3.63) is 40.2 Å². The van der Waals surface area contributed by atoms with Crippen molar-refractivity contribution in [2.24, 2.45) is 0 Å². The molecule has 2 amide bonds. The summed E-state index contributed by atoms with van der Waals surface area (Å²) in [6.45, 7) is 2.36. The van der Waals surface area contributed by atoms with Gasteiger partial charge in [-0.15, -0.1) is 11.3 Å². The first-order chi connectivity index (χ1) is 11.5. The number of pyridine rings is 1. The molecule has 2 aromatic heterocycles. The Morgan fingerprint density at radius 3 is 3.00 bits per heavy atom. The SMILES string of the molecule is Cc1ccc(O)c(NC(=O)C2CCCN2C(=O)Cc2cccs2)n1. The lowest BCUT2D eigenvalue weighted by Crippen LogP contribution is -2.43. The number of aryl methyl sites for hydroxylation is 1. The second-order valence-electron chi connectivity index (χ2n) is 5.81. The minimum absolute atomic E-state index is 0.0449. The van der Waals surface area contributed by atoms with E-state index in [-0.39, 0.29) is 23.4 Å². The summed E-state index contributed by atoms with van der Waals surface area (Å²) in [5, 5.41) is 14.4. The molecule has 2 N–H and O–H groups in total. The standard InChI is InChI=1S/C17H19N3O3S/c1-11-6-7-14(21)16(18-11)19-17(23)13-5-2-8-20(13)15(22)10-12-4-3-9-24-12/h3-4,6-7,9,13,21H,2,5,8,10H2,1H3,(H,18,19,23). The second-order valence-corrected chi connectivity index (χ2v) is 6.84. The molecule has 1 saturated heterocycles. The largest absolute Gasteiger partial charge is 0.504 e. The fourth-order valence-electron chi connectivity index (χ4n) is 2.84. The van der Waals surface area contributed by atoms with Crippen molar-refractivity contribution in [3.8, 4) is 5.75 Å². The smallest absolute Gasteiger partial charge is 0.248 e. The van der Waals surface area contributed by atoms with Crippen molar-refractivity contribution < 1.29 is 14.7 Å². The van der Waals surface area contributed by atoms with Crippen molar-refractivity contribution >= 4 is 29.0 Å². The van der Waals surface area contributed by atoms with Gasteiger partial charge < -0.3 is 15.3 Å². The van der Waals surface area contributed by atoms with Crippen molar-refractivity contribution in [2.75, 3.05) is 11.9 Å². The van der Waals surface area contributed by atoms with E-state index < -0.39 is 6.04 Å². The number of aromatic hydroxyl groups is 1. The van der Waals surface area contributed by atoms with Crippen LogP contribution in [-0.4, -0.2) is 39.4 Å². The summed E-state index contributed by atoms with van der Waals surface area (Å²) in [6, 6.07) is 6.47. The first kappa shape index (κ1) is 16.4. The highest BCUT2D eigenvalue weighted by Gasteiger charge is 2.34. The molecule has 0 aromatic carbocycles. The fourth-order valence-corrected chi connectivity index (χ4v) is 3.54. The van der Waals surface area contributed by atoms with Crippen LogP contribution in [0.4, 0.5) is 5.82 Å². The number of carbonyl (C=O) groups is 2. The second kappa shape index (κ2) is 7.00. The van der Waals surface area contributed by atoms with Gasteiger partial charge in [-0.1, -0.05) is 6.07 Å². The van der Waals surface area contributed by atoms with Gasteiger partial charge in [-0.05, 0) is 43.3 Å². The average molecular weight is 345 g/mol. The predicted octanol–water partition coefficient (Wildman–Crippen LogP) is 2.33. The van der Waals surface area contributed by atoms with Gasteiger partial charge in [-0.2, -0.15) is 0 Å². The molecule has 0 aliphatic carbocycles. The van der Waals surface area contributed by atoms with Gasteiger partial charge in [0.15, 0.2) is 11.6 Å². The third-order valence-electron chi connectivity index (χ3n) is 4.04. The van der Waals surface area contributed by atoms with Gasteiger partial charge in [-0.3, -0.25) is 9.59 Å². The van der Waals surface area contributed by atoms with Crippen molar-refractivity contribution in [1.82, 2.24) is 9.88 Å². The number of likely N-dealkylation sites (tertiary alicyclic amines) is 1. The molecule has 3 rings (SSSR count). The highest BCUT2D eigenvalue weighted by atomic mass is 32.1. The molecule has 7 heteroatoms.